The summed E-state index contributed by atoms with van der Waals surface area (Å²) < 4.78 is 15.9. The summed E-state index contributed by atoms with van der Waals surface area (Å²) in [6, 6.07) is 0. The number of thiazole rings is 1. The van der Waals surface area contributed by atoms with Crippen molar-refractivity contribution in [3.63, 3.8) is 0 Å². The van der Waals surface area contributed by atoms with E-state index in [1.807, 2.05) is 0 Å². The Balaban J connectivity index is 2.19. The van der Waals surface area contributed by atoms with Crippen LogP contribution in [0.5, 0.6) is 0 Å². The van der Waals surface area contributed by atoms with E-state index in [2.05, 4.69) is 4.98 Å². The lowest BCUT2D eigenvalue weighted by atomic mass is 9.95. The van der Waals surface area contributed by atoms with Gasteiger partial charge in [0, 0.05) is 38.5 Å². The van der Waals surface area contributed by atoms with Crippen molar-refractivity contribution in [2.75, 3.05) is 26.9 Å². The van der Waals surface area contributed by atoms with Crippen molar-refractivity contribution in [1.29, 1.82) is 0 Å². The number of hydrogen-bond donors (Lipinski definition) is 0. The van der Waals surface area contributed by atoms with E-state index in [1.54, 1.807) is 19.4 Å². The number of methoxy groups -OCH3 is 1. The van der Waals surface area contributed by atoms with E-state index >= 15 is 0 Å². The normalized spacial score (nSPS) is 18.6. The highest BCUT2D eigenvalue weighted by Crippen LogP contribution is 2.37. The van der Waals surface area contributed by atoms with Crippen LogP contribution in [0.25, 0.3) is 0 Å². The van der Waals surface area contributed by atoms with Crippen molar-refractivity contribution >= 4 is 17.3 Å². The van der Waals surface area contributed by atoms with Crippen molar-refractivity contribution in [3.05, 3.63) is 16.1 Å². The fourth-order valence-electron chi connectivity index (χ4n) is 1.99. The van der Waals surface area contributed by atoms with Crippen LogP contribution in [0.4, 0.5) is 0 Å². The van der Waals surface area contributed by atoms with Crippen LogP contribution in [0.2, 0.25) is 0 Å². The monoisotopic (exact) mass is 271 g/mol. The van der Waals surface area contributed by atoms with E-state index < -0.39 is 5.60 Å². The SMILES string of the molecule is CCOC(=O)c1csc(C2(OC)CCOCC2)n1. The largest absolute Gasteiger partial charge is 0.461 e. The van der Waals surface area contributed by atoms with Crippen LogP contribution < -0.4 is 0 Å². The third-order valence-corrected chi connectivity index (χ3v) is 4.10. The Hall–Kier alpha value is -0.980. The molecule has 0 atom stereocenters. The van der Waals surface area contributed by atoms with Crippen molar-refractivity contribution in [1.82, 2.24) is 4.98 Å². The average molecular weight is 271 g/mol. The molecule has 1 aromatic heterocycles. The summed E-state index contributed by atoms with van der Waals surface area (Å²) in [4.78, 5) is 15.9. The van der Waals surface area contributed by atoms with Gasteiger partial charge in [-0.05, 0) is 6.92 Å². The standard InChI is InChI=1S/C12H17NO4S/c1-3-17-10(14)9-8-18-11(13-9)12(15-2)4-6-16-7-5-12/h8H,3-7H2,1-2H3. The highest BCUT2D eigenvalue weighted by Gasteiger charge is 2.37. The molecule has 0 amide bonds. The minimum absolute atomic E-state index is 0.356. The second kappa shape index (κ2) is 5.77. The summed E-state index contributed by atoms with van der Waals surface area (Å²) in [5, 5.41) is 2.56. The first-order valence-electron chi connectivity index (χ1n) is 5.98. The molecule has 0 saturated carbocycles. The smallest absolute Gasteiger partial charge is 0.357 e. The Morgan fingerprint density at radius 2 is 2.28 bits per heavy atom. The van der Waals surface area contributed by atoms with Gasteiger partial charge in [0.2, 0.25) is 0 Å². The maximum absolute atomic E-state index is 11.6. The van der Waals surface area contributed by atoms with Gasteiger partial charge in [-0.1, -0.05) is 0 Å². The molecule has 0 aromatic carbocycles. The van der Waals surface area contributed by atoms with Crippen LogP contribution in [0.3, 0.4) is 0 Å². The van der Waals surface area contributed by atoms with E-state index in [1.165, 1.54) is 11.3 Å². The molecule has 1 aromatic rings. The third kappa shape index (κ3) is 2.55. The molecular formula is C12H17NO4S. The van der Waals surface area contributed by atoms with Gasteiger partial charge in [0.05, 0.1) is 6.61 Å². The summed E-state index contributed by atoms with van der Waals surface area (Å²) in [6.07, 6.45) is 1.53. The molecule has 0 bridgehead atoms. The van der Waals surface area contributed by atoms with Gasteiger partial charge in [-0.3, -0.25) is 0 Å². The molecule has 1 aliphatic rings. The Morgan fingerprint density at radius 1 is 1.56 bits per heavy atom. The minimum atomic E-state index is -0.409. The number of carbonyl (C=O) groups is 1. The molecule has 0 N–H and O–H groups in total. The van der Waals surface area contributed by atoms with Crippen LogP contribution in [0, 0.1) is 0 Å². The maximum atomic E-state index is 11.6. The number of carbonyl (C=O) groups excluding carboxylic acids is 1. The summed E-state index contributed by atoms with van der Waals surface area (Å²) in [5.74, 6) is -0.377. The van der Waals surface area contributed by atoms with Crippen LogP contribution in [0.1, 0.15) is 35.3 Å². The first kappa shape index (κ1) is 13.5. The Morgan fingerprint density at radius 3 is 2.89 bits per heavy atom. The van der Waals surface area contributed by atoms with E-state index in [4.69, 9.17) is 14.2 Å². The number of esters is 1. The molecule has 0 unspecified atom stereocenters. The lowest BCUT2D eigenvalue weighted by molar-refractivity contribution is -0.0948. The zero-order valence-electron chi connectivity index (χ0n) is 10.6. The van der Waals surface area contributed by atoms with Gasteiger partial charge in [-0.2, -0.15) is 0 Å². The summed E-state index contributed by atoms with van der Waals surface area (Å²) >= 11 is 1.44. The second-order valence-electron chi connectivity index (χ2n) is 4.07. The molecule has 1 aliphatic heterocycles. The van der Waals surface area contributed by atoms with E-state index in [9.17, 15) is 4.79 Å². The van der Waals surface area contributed by atoms with Crippen LogP contribution in [-0.2, 0) is 19.8 Å². The summed E-state index contributed by atoms with van der Waals surface area (Å²) in [6.45, 7) is 3.44. The molecule has 6 heteroatoms. The van der Waals surface area contributed by atoms with Gasteiger partial charge in [0.1, 0.15) is 10.6 Å². The molecule has 2 rings (SSSR count). The molecule has 1 saturated heterocycles. The number of ether oxygens (including phenoxy) is 3. The molecule has 5 nitrogen and oxygen atoms in total. The highest BCUT2D eigenvalue weighted by molar-refractivity contribution is 7.10. The average Bonchev–Trinajstić information content (AvgIpc) is 2.90. The fourth-order valence-corrected chi connectivity index (χ4v) is 3.01. The maximum Gasteiger partial charge on any atom is 0.357 e. The van der Waals surface area contributed by atoms with Crippen molar-refractivity contribution in [2.24, 2.45) is 0 Å². The molecule has 0 spiro atoms. The molecular weight excluding hydrogens is 254 g/mol. The second-order valence-corrected chi connectivity index (χ2v) is 4.93. The number of rotatable bonds is 4. The van der Waals surface area contributed by atoms with Crippen LogP contribution in [-0.4, -0.2) is 37.9 Å². The number of nitrogens with zero attached hydrogens (tertiary/aromatic N) is 1. The Labute approximate surface area is 110 Å². The predicted octanol–water partition coefficient (Wildman–Crippen LogP) is 1.97. The first-order chi connectivity index (χ1) is 8.72. The van der Waals surface area contributed by atoms with Gasteiger partial charge in [0.15, 0.2) is 5.69 Å². The molecule has 1 fully saturated rings. The van der Waals surface area contributed by atoms with Crippen molar-refractivity contribution in [2.45, 2.75) is 25.4 Å². The van der Waals surface area contributed by atoms with Gasteiger partial charge in [-0.25, -0.2) is 9.78 Å². The lowest BCUT2D eigenvalue weighted by Crippen LogP contribution is -2.35. The van der Waals surface area contributed by atoms with E-state index in [-0.39, 0.29) is 5.97 Å². The van der Waals surface area contributed by atoms with Crippen molar-refractivity contribution in [3.8, 4) is 0 Å². The summed E-state index contributed by atoms with van der Waals surface area (Å²) in [5.41, 5.74) is -0.0482. The topological polar surface area (TPSA) is 57.7 Å². The van der Waals surface area contributed by atoms with Gasteiger partial charge < -0.3 is 14.2 Å². The lowest BCUT2D eigenvalue weighted by Gasteiger charge is -2.33. The zero-order valence-corrected chi connectivity index (χ0v) is 11.4. The summed E-state index contributed by atoms with van der Waals surface area (Å²) in [7, 11) is 1.68. The molecule has 100 valence electrons. The van der Waals surface area contributed by atoms with E-state index in [0.29, 0.717) is 25.5 Å². The van der Waals surface area contributed by atoms with E-state index in [0.717, 1.165) is 17.8 Å². The van der Waals surface area contributed by atoms with Gasteiger partial charge >= 0.3 is 5.97 Å². The molecule has 2 heterocycles. The molecule has 18 heavy (non-hydrogen) atoms. The Bertz CT molecular complexity index is 412. The van der Waals surface area contributed by atoms with Crippen LogP contribution >= 0.6 is 11.3 Å². The highest BCUT2D eigenvalue weighted by atomic mass is 32.1. The van der Waals surface area contributed by atoms with Gasteiger partial charge in [0.25, 0.3) is 0 Å². The predicted molar refractivity (Wildman–Crippen MR) is 66.8 cm³/mol. The fraction of sp³-hybridized carbons (Fsp3) is 0.667. The molecule has 0 radical (unpaired) electrons. The number of hydrogen-bond acceptors (Lipinski definition) is 6. The minimum Gasteiger partial charge on any atom is -0.461 e. The van der Waals surface area contributed by atoms with Crippen LogP contribution in [0.15, 0.2) is 5.38 Å². The quantitative estimate of drug-likeness (QED) is 0.784. The first-order valence-corrected chi connectivity index (χ1v) is 6.86. The molecule has 0 aliphatic carbocycles. The zero-order chi connectivity index (χ0) is 13.0. The number of aromatic nitrogens is 1. The van der Waals surface area contributed by atoms with Crippen molar-refractivity contribution < 1.29 is 19.0 Å². The Kier molecular flexibility index (Phi) is 4.31. The third-order valence-electron chi connectivity index (χ3n) is 3.07. The van der Waals surface area contributed by atoms with Gasteiger partial charge in [-0.15, -0.1) is 11.3 Å².